The van der Waals surface area contributed by atoms with E-state index in [1.165, 1.54) is 17.3 Å². The second-order valence-electron chi connectivity index (χ2n) is 7.17. The van der Waals surface area contributed by atoms with Crippen molar-refractivity contribution < 1.29 is 4.79 Å². The van der Waals surface area contributed by atoms with Crippen molar-refractivity contribution in [2.45, 2.75) is 46.3 Å². The van der Waals surface area contributed by atoms with Gasteiger partial charge in [-0.25, -0.2) is 9.36 Å². The summed E-state index contributed by atoms with van der Waals surface area (Å²) in [5, 5.41) is 19.9. The van der Waals surface area contributed by atoms with Crippen molar-refractivity contribution in [3.63, 3.8) is 0 Å². The Bertz CT molecular complexity index is 959. The van der Waals surface area contributed by atoms with E-state index in [1.807, 2.05) is 49.7 Å². The molecule has 0 atom stereocenters. The van der Waals surface area contributed by atoms with Crippen LogP contribution in [0.4, 0.5) is 5.69 Å². The fourth-order valence-corrected chi connectivity index (χ4v) is 3.51. The molecule has 2 heterocycles. The van der Waals surface area contributed by atoms with Gasteiger partial charge in [-0.05, 0) is 49.2 Å². The van der Waals surface area contributed by atoms with Gasteiger partial charge in [0.1, 0.15) is 0 Å². The van der Waals surface area contributed by atoms with E-state index in [0.29, 0.717) is 11.1 Å². The van der Waals surface area contributed by atoms with Crippen LogP contribution in [0, 0.1) is 26.7 Å². The number of nitrogens with zero attached hydrogens (tertiary/aromatic N) is 6. The summed E-state index contributed by atoms with van der Waals surface area (Å²) in [7, 11) is 0. The number of rotatable bonds is 7. The third-order valence-electron chi connectivity index (χ3n) is 4.20. The first kappa shape index (κ1) is 20.1. The lowest BCUT2D eigenvalue weighted by Crippen LogP contribution is -2.16. The van der Waals surface area contributed by atoms with Gasteiger partial charge in [0, 0.05) is 6.54 Å². The largest absolute Gasteiger partial charge is 0.322 e. The van der Waals surface area contributed by atoms with Gasteiger partial charge in [0.2, 0.25) is 11.1 Å². The van der Waals surface area contributed by atoms with Crippen molar-refractivity contribution in [2.75, 3.05) is 11.1 Å². The molecule has 28 heavy (non-hydrogen) atoms. The Hall–Kier alpha value is -2.68. The molecule has 0 saturated heterocycles. The number of aryl methyl sites for hydroxylation is 2. The number of amides is 1. The predicted molar refractivity (Wildman–Crippen MR) is 110 cm³/mol. The Morgan fingerprint density at radius 3 is 2.57 bits per heavy atom. The van der Waals surface area contributed by atoms with Crippen molar-refractivity contribution in [3.8, 4) is 5.69 Å². The Balaban J connectivity index is 1.68. The van der Waals surface area contributed by atoms with Crippen molar-refractivity contribution in [3.05, 3.63) is 41.2 Å². The van der Waals surface area contributed by atoms with Crippen LogP contribution in [0.1, 0.15) is 30.8 Å². The summed E-state index contributed by atoms with van der Waals surface area (Å²) in [6, 6.07) is 8.12. The molecule has 0 saturated carbocycles. The predicted octanol–water partition coefficient (Wildman–Crippen LogP) is 3.17. The summed E-state index contributed by atoms with van der Waals surface area (Å²) in [5.74, 6) is 0.543. The second kappa shape index (κ2) is 8.55. The van der Waals surface area contributed by atoms with E-state index in [9.17, 15) is 4.79 Å². The Labute approximate surface area is 168 Å². The van der Waals surface area contributed by atoms with Gasteiger partial charge < -0.3 is 5.32 Å². The molecule has 0 fully saturated rings. The molecule has 0 aliphatic rings. The number of benzene rings is 1. The molecule has 1 N–H and O–H groups in total. The highest BCUT2D eigenvalue weighted by atomic mass is 32.2. The molecule has 0 aliphatic carbocycles. The number of carbonyl (C=O) groups excluding carboxylic acids is 1. The maximum atomic E-state index is 12.5. The van der Waals surface area contributed by atoms with Crippen molar-refractivity contribution in [2.24, 2.45) is 5.92 Å². The smallest absolute Gasteiger partial charge is 0.234 e. The number of hydrogen-bond donors (Lipinski definition) is 1. The highest BCUT2D eigenvalue weighted by Crippen LogP contribution is 2.24. The van der Waals surface area contributed by atoms with Gasteiger partial charge in [0.15, 0.2) is 0 Å². The fourth-order valence-electron chi connectivity index (χ4n) is 2.83. The summed E-state index contributed by atoms with van der Waals surface area (Å²) in [6.45, 7) is 10.8. The molecule has 0 radical (unpaired) electrons. The number of hydrogen-bond acceptors (Lipinski definition) is 6. The molecular weight excluding hydrogens is 374 g/mol. The monoisotopic (exact) mass is 399 g/mol. The summed E-state index contributed by atoms with van der Waals surface area (Å²) in [6.07, 6.45) is 0. The third-order valence-corrected chi connectivity index (χ3v) is 5.16. The van der Waals surface area contributed by atoms with Gasteiger partial charge in [-0.2, -0.15) is 5.10 Å². The van der Waals surface area contributed by atoms with Crippen molar-refractivity contribution in [1.29, 1.82) is 0 Å². The van der Waals surface area contributed by atoms with E-state index in [1.54, 1.807) is 4.68 Å². The molecule has 0 unspecified atom stereocenters. The zero-order valence-electron chi connectivity index (χ0n) is 16.8. The van der Waals surface area contributed by atoms with Crippen LogP contribution in [0.25, 0.3) is 5.69 Å². The number of aromatic nitrogens is 6. The molecule has 9 heteroatoms. The average molecular weight is 400 g/mol. The third kappa shape index (κ3) is 4.59. The summed E-state index contributed by atoms with van der Waals surface area (Å²) >= 11 is 1.33. The molecule has 8 nitrogen and oxygen atoms in total. The molecule has 0 spiro atoms. The van der Waals surface area contributed by atoms with Gasteiger partial charge in [-0.1, -0.05) is 43.3 Å². The van der Waals surface area contributed by atoms with Crippen LogP contribution in [0.3, 0.4) is 0 Å². The van der Waals surface area contributed by atoms with E-state index in [2.05, 4.69) is 39.8 Å². The SMILES string of the molecule is Cc1ccc(-n2nc(C)c(NC(=O)CSc3nnnn3CC(C)C)c2C)cc1. The quantitative estimate of drug-likeness (QED) is 0.614. The van der Waals surface area contributed by atoms with Crippen LogP contribution < -0.4 is 5.32 Å². The molecule has 0 bridgehead atoms. The number of thioether (sulfide) groups is 1. The maximum Gasteiger partial charge on any atom is 0.234 e. The molecular formula is C19H25N7OS. The van der Waals surface area contributed by atoms with E-state index < -0.39 is 0 Å². The molecule has 3 aromatic rings. The first-order valence-corrected chi connectivity index (χ1v) is 10.2. The van der Waals surface area contributed by atoms with E-state index in [4.69, 9.17) is 0 Å². The Kier molecular flexibility index (Phi) is 6.13. The lowest BCUT2D eigenvalue weighted by atomic mass is 10.2. The number of carbonyl (C=O) groups is 1. The van der Waals surface area contributed by atoms with Crippen molar-refractivity contribution >= 4 is 23.4 Å². The molecule has 0 aliphatic heterocycles. The van der Waals surface area contributed by atoms with E-state index in [-0.39, 0.29) is 11.7 Å². The average Bonchev–Trinajstić information content (AvgIpc) is 3.19. The normalized spacial score (nSPS) is 11.2. The van der Waals surface area contributed by atoms with Crippen LogP contribution in [-0.4, -0.2) is 41.6 Å². The van der Waals surface area contributed by atoms with Gasteiger partial charge >= 0.3 is 0 Å². The number of tetrazole rings is 1. The highest BCUT2D eigenvalue weighted by molar-refractivity contribution is 7.99. The molecule has 2 aromatic heterocycles. The lowest BCUT2D eigenvalue weighted by molar-refractivity contribution is -0.113. The van der Waals surface area contributed by atoms with Gasteiger partial charge in [-0.3, -0.25) is 4.79 Å². The second-order valence-corrected chi connectivity index (χ2v) is 8.11. The molecule has 148 valence electrons. The summed E-state index contributed by atoms with van der Waals surface area (Å²) < 4.78 is 3.58. The maximum absolute atomic E-state index is 12.5. The Morgan fingerprint density at radius 2 is 1.89 bits per heavy atom. The van der Waals surface area contributed by atoms with Crippen LogP contribution in [0.2, 0.25) is 0 Å². The van der Waals surface area contributed by atoms with Gasteiger partial charge in [0.05, 0.1) is 28.5 Å². The van der Waals surface area contributed by atoms with E-state index in [0.717, 1.165) is 29.3 Å². The van der Waals surface area contributed by atoms with Gasteiger partial charge in [-0.15, -0.1) is 5.10 Å². The summed E-state index contributed by atoms with van der Waals surface area (Å²) in [4.78, 5) is 12.5. The Morgan fingerprint density at radius 1 is 1.18 bits per heavy atom. The number of nitrogens with one attached hydrogen (secondary N) is 1. The van der Waals surface area contributed by atoms with Crippen LogP contribution in [0.15, 0.2) is 29.4 Å². The molecule has 3 rings (SSSR count). The van der Waals surface area contributed by atoms with Gasteiger partial charge in [0.25, 0.3) is 0 Å². The fraction of sp³-hybridized carbons (Fsp3) is 0.421. The highest BCUT2D eigenvalue weighted by Gasteiger charge is 2.17. The van der Waals surface area contributed by atoms with Crippen LogP contribution in [-0.2, 0) is 11.3 Å². The van der Waals surface area contributed by atoms with E-state index >= 15 is 0 Å². The van der Waals surface area contributed by atoms with Crippen molar-refractivity contribution in [1.82, 2.24) is 30.0 Å². The minimum atomic E-state index is -0.112. The standard InChI is InChI=1S/C19H25N7OS/c1-12(2)10-25-19(21-23-24-25)28-11-17(27)20-18-14(4)22-26(15(18)5)16-8-6-13(3)7-9-16/h6-9,12H,10-11H2,1-5H3,(H,20,27). The minimum absolute atomic E-state index is 0.112. The number of anilines is 1. The zero-order chi connectivity index (χ0) is 20.3. The summed E-state index contributed by atoms with van der Waals surface area (Å²) in [5.41, 5.74) is 4.57. The van der Waals surface area contributed by atoms with Crippen LogP contribution in [0.5, 0.6) is 0 Å². The van der Waals surface area contributed by atoms with Crippen LogP contribution >= 0.6 is 11.8 Å². The topological polar surface area (TPSA) is 90.5 Å². The molecule has 1 amide bonds. The minimum Gasteiger partial charge on any atom is -0.322 e. The zero-order valence-corrected chi connectivity index (χ0v) is 17.6. The first-order valence-electron chi connectivity index (χ1n) is 9.17. The molecule has 1 aromatic carbocycles. The lowest BCUT2D eigenvalue weighted by Gasteiger charge is -2.08. The first-order chi connectivity index (χ1) is 13.3.